The van der Waals surface area contributed by atoms with E-state index >= 15 is 0 Å². The molecule has 0 aliphatic rings. The van der Waals surface area contributed by atoms with Crippen LogP contribution in [0.3, 0.4) is 0 Å². The Bertz CT molecular complexity index is 407. The minimum absolute atomic E-state index is 0.0122. The second-order valence-corrected chi connectivity index (χ2v) is 4.38. The van der Waals surface area contributed by atoms with Crippen LogP contribution in [-0.4, -0.2) is 29.8 Å². The SMILES string of the molecule is C=C(NCCO)C(=N)/C=C(/C)C(C)=O.C=CCC(=C)C.CC. The van der Waals surface area contributed by atoms with Crippen LogP contribution in [0.15, 0.2) is 48.7 Å². The second kappa shape index (κ2) is 17.1. The molecule has 0 saturated carbocycles. The molecule has 126 valence electrons. The molecule has 0 saturated heterocycles. The Kier molecular flexibility index (Phi) is 19.5. The summed E-state index contributed by atoms with van der Waals surface area (Å²) in [5.74, 6) is -0.0651. The topological polar surface area (TPSA) is 73.2 Å². The first kappa shape index (κ1) is 25.0. The smallest absolute Gasteiger partial charge is 0.155 e. The summed E-state index contributed by atoms with van der Waals surface area (Å²) in [6, 6.07) is 0. The minimum atomic E-state index is -0.0651. The van der Waals surface area contributed by atoms with Crippen molar-refractivity contribution in [2.45, 2.75) is 41.0 Å². The van der Waals surface area contributed by atoms with E-state index in [9.17, 15) is 4.79 Å². The van der Waals surface area contributed by atoms with Gasteiger partial charge in [-0.05, 0) is 38.8 Å². The van der Waals surface area contributed by atoms with Crippen molar-refractivity contribution in [2.75, 3.05) is 13.2 Å². The number of hydrogen-bond acceptors (Lipinski definition) is 4. The highest BCUT2D eigenvalue weighted by Crippen LogP contribution is 1.98. The van der Waals surface area contributed by atoms with E-state index < -0.39 is 0 Å². The molecule has 0 aliphatic carbocycles. The average molecular weight is 308 g/mol. The Morgan fingerprint density at radius 1 is 1.23 bits per heavy atom. The zero-order valence-electron chi connectivity index (χ0n) is 14.8. The molecule has 0 aromatic heterocycles. The number of carbonyl (C=O) groups excluding carboxylic acids is 1. The molecule has 0 aromatic rings. The Hall–Kier alpha value is -1.94. The fourth-order valence-electron chi connectivity index (χ4n) is 0.954. The van der Waals surface area contributed by atoms with Crippen molar-refractivity contribution < 1.29 is 9.90 Å². The van der Waals surface area contributed by atoms with Gasteiger partial charge in [0.05, 0.1) is 18.0 Å². The Labute approximate surface area is 135 Å². The summed E-state index contributed by atoms with van der Waals surface area (Å²) in [6.45, 7) is 20.2. The van der Waals surface area contributed by atoms with E-state index in [-0.39, 0.29) is 18.1 Å². The average Bonchev–Trinajstić information content (AvgIpc) is 2.47. The van der Waals surface area contributed by atoms with Gasteiger partial charge in [0.2, 0.25) is 0 Å². The number of carbonyl (C=O) groups is 1. The largest absolute Gasteiger partial charge is 0.395 e. The molecule has 0 heterocycles. The summed E-state index contributed by atoms with van der Waals surface area (Å²) in [5.41, 5.74) is 2.25. The summed E-state index contributed by atoms with van der Waals surface area (Å²) in [6.07, 6.45) is 4.25. The van der Waals surface area contributed by atoms with Crippen LogP contribution >= 0.6 is 0 Å². The number of rotatable bonds is 8. The lowest BCUT2D eigenvalue weighted by Crippen LogP contribution is -2.21. The third-order valence-corrected chi connectivity index (χ3v) is 2.18. The van der Waals surface area contributed by atoms with Gasteiger partial charge in [-0.25, -0.2) is 0 Å². The molecule has 0 aromatic carbocycles. The quantitative estimate of drug-likeness (QED) is 0.363. The van der Waals surface area contributed by atoms with Crippen LogP contribution in [0.5, 0.6) is 0 Å². The molecule has 0 atom stereocenters. The van der Waals surface area contributed by atoms with Crippen molar-refractivity contribution in [3.63, 3.8) is 0 Å². The first-order valence-corrected chi connectivity index (χ1v) is 7.33. The maximum atomic E-state index is 10.9. The molecule has 0 aliphatic heterocycles. The molecule has 0 unspecified atom stereocenters. The summed E-state index contributed by atoms with van der Waals surface area (Å²) in [4.78, 5) is 10.9. The maximum absolute atomic E-state index is 10.9. The van der Waals surface area contributed by atoms with Gasteiger partial charge < -0.3 is 10.4 Å². The summed E-state index contributed by atoms with van der Waals surface area (Å²) < 4.78 is 0. The van der Waals surface area contributed by atoms with E-state index in [2.05, 4.69) is 25.1 Å². The Morgan fingerprint density at radius 3 is 2.00 bits per heavy atom. The van der Waals surface area contributed by atoms with Gasteiger partial charge in [0, 0.05) is 6.54 Å². The first-order chi connectivity index (χ1) is 10.3. The fraction of sp³-hybridized carbons (Fsp3) is 0.444. The molecule has 22 heavy (non-hydrogen) atoms. The van der Waals surface area contributed by atoms with E-state index in [1.54, 1.807) is 6.92 Å². The molecule has 3 N–H and O–H groups in total. The zero-order valence-corrected chi connectivity index (χ0v) is 14.8. The van der Waals surface area contributed by atoms with Crippen molar-refractivity contribution in [3.05, 3.63) is 48.7 Å². The van der Waals surface area contributed by atoms with E-state index in [1.165, 1.54) is 18.6 Å². The van der Waals surface area contributed by atoms with Gasteiger partial charge >= 0.3 is 0 Å². The number of ketones is 1. The standard InChI is InChI=1S/C10H16N2O2.C6H10.C2H6/c1-7(9(3)14)6-10(11)8(2)12-4-5-13;1-4-5-6(2)3;1-2/h6,11-13H,2,4-5H2,1,3H3;4H,1-2,5H2,3H3;1-2H3/b7-6-,11-10?;;. The van der Waals surface area contributed by atoms with Gasteiger partial charge in [-0.3, -0.25) is 10.2 Å². The predicted octanol–water partition coefficient (Wildman–Crippen LogP) is 3.80. The van der Waals surface area contributed by atoms with E-state index in [0.717, 1.165) is 6.42 Å². The normalized spacial score (nSPS) is 9.27. The molecule has 4 heteroatoms. The van der Waals surface area contributed by atoms with Crippen LogP contribution in [0.4, 0.5) is 0 Å². The van der Waals surface area contributed by atoms with Crippen molar-refractivity contribution in [1.82, 2.24) is 5.32 Å². The number of aliphatic hydroxyl groups excluding tert-OH is 1. The van der Waals surface area contributed by atoms with E-state index in [4.69, 9.17) is 10.5 Å². The summed E-state index contributed by atoms with van der Waals surface area (Å²) >= 11 is 0. The molecule has 0 rings (SSSR count). The van der Waals surface area contributed by atoms with Gasteiger partial charge in [0.15, 0.2) is 5.78 Å². The van der Waals surface area contributed by atoms with Crippen molar-refractivity contribution in [3.8, 4) is 0 Å². The van der Waals surface area contributed by atoms with Gasteiger partial charge in [-0.1, -0.05) is 38.7 Å². The molecule has 0 bridgehead atoms. The minimum Gasteiger partial charge on any atom is -0.395 e. The lowest BCUT2D eigenvalue weighted by molar-refractivity contribution is -0.113. The lowest BCUT2D eigenvalue weighted by atomic mass is 10.1. The fourth-order valence-corrected chi connectivity index (χ4v) is 0.954. The highest BCUT2D eigenvalue weighted by atomic mass is 16.3. The molecular formula is C18H32N2O2. The van der Waals surface area contributed by atoms with Gasteiger partial charge in [0.1, 0.15) is 0 Å². The second-order valence-electron chi connectivity index (χ2n) is 4.38. The molecule has 4 nitrogen and oxygen atoms in total. The van der Waals surface area contributed by atoms with Gasteiger partial charge in [-0.2, -0.15) is 0 Å². The van der Waals surface area contributed by atoms with Crippen molar-refractivity contribution >= 4 is 11.5 Å². The van der Waals surface area contributed by atoms with E-state index in [0.29, 0.717) is 17.8 Å². The monoisotopic (exact) mass is 308 g/mol. The van der Waals surface area contributed by atoms with Crippen molar-refractivity contribution in [1.29, 1.82) is 5.41 Å². The summed E-state index contributed by atoms with van der Waals surface area (Å²) in [5, 5.41) is 18.8. The van der Waals surface area contributed by atoms with Crippen LogP contribution in [-0.2, 0) is 4.79 Å². The van der Waals surface area contributed by atoms with Crippen LogP contribution in [0.25, 0.3) is 0 Å². The number of aliphatic hydroxyl groups is 1. The Morgan fingerprint density at radius 2 is 1.73 bits per heavy atom. The van der Waals surface area contributed by atoms with Crippen LogP contribution in [0.2, 0.25) is 0 Å². The molecular weight excluding hydrogens is 276 g/mol. The van der Waals surface area contributed by atoms with E-state index in [1.807, 2.05) is 26.8 Å². The van der Waals surface area contributed by atoms with Crippen LogP contribution in [0, 0.1) is 5.41 Å². The number of hydrogen-bond donors (Lipinski definition) is 3. The Balaban J connectivity index is -0.000000378. The predicted molar refractivity (Wildman–Crippen MR) is 97.4 cm³/mol. The molecule has 0 amide bonds. The summed E-state index contributed by atoms with van der Waals surface area (Å²) in [7, 11) is 0. The highest BCUT2D eigenvalue weighted by Gasteiger charge is 2.01. The van der Waals surface area contributed by atoms with Crippen LogP contribution < -0.4 is 5.32 Å². The lowest BCUT2D eigenvalue weighted by Gasteiger charge is -2.06. The maximum Gasteiger partial charge on any atom is 0.155 e. The highest BCUT2D eigenvalue weighted by molar-refractivity contribution is 6.09. The first-order valence-electron chi connectivity index (χ1n) is 7.33. The molecule has 0 spiro atoms. The van der Waals surface area contributed by atoms with Gasteiger partial charge in [0.25, 0.3) is 0 Å². The number of nitrogens with one attached hydrogen (secondary N) is 2. The molecule has 0 fully saturated rings. The zero-order chi connectivity index (χ0) is 18.1. The van der Waals surface area contributed by atoms with Crippen LogP contribution in [0.1, 0.15) is 41.0 Å². The molecule has 0 radical (unpaired) electrons. The number of Topliss-reactive ketones (excluding diaryl/α,β-unsaturated/α-hetero) is 1. The third-order valence-electron chi connectivity index (χ3n) is 2.18. The van der Waals surface area contributed by atoms with Gasteiger partial charge in [-0.15, -0.1) is 6.58 Å². The number of allylic oxidation sites excluding steroid dienone is 4. The third kappa shape index (κ3) is 18.1. The van der Waals surface area contributed by atoms with Crippen molar-refractivity contribution in [2.24, 2.45) is 0 Å².